The third-order valence-corrected chi connectivity index (χ3v) is 2.57. The van der Waals surface area contributed by atoms with Crippen LogP contribution >= 0.6 is 0 Å². The first kappa shape index (κ1) is 10.2. The number of nitrogens with one attached hydrogen (secondary N) is 1. The van der Waals surface area contributed by atoms with Gasteiger partial charge in [0.1, 0.15) is 0 Å². The predicted octanol–water partition coefficient (Wildman–Crippen LogP) is 2.84. The van der Waals surface area contributed by atoms with Crippen LogP contribution in [-0.4, -0.2) is 10.7 Å². The zero-order valence-electron chi connectivity index (χ0n) is 9.09. The predicted molar refractivity (Wildman–Crippen MR) is 57.6 cm³/mol. The average molecular weight is 180 g/mol. The molecule has 0 unspecified atom stereocenters. The van der Waals surface area contributed by atoms with Crippen molar-refractivity contribution in [1.82, 2.24) is 4.68 Å². The topological polar surface area (TPSA) is 17.0 Å². The summed E-state index contributed by atoms with van der Waals surface area (Å²) in [5.74, 6) is 0. The minimum Gasteiger partial charge on any atom is -0.323 e. The van der Waals surface area contributed by atoms with Gasteiger partial charge in [-0.25, -0.2) is 0 Å². The lowest BCUT2D eigenvalue weighted by molar-refractivity contribution is 0.590. The molecule has 1 N–H and O–H groups in total. The van der Waals surface area contributed by atoms with Crippen LogP contribution in [0.15, 0.2) is 12.1 Å². The van der Waals surface area contributed by atoms with Crippen LogP contribution in [-0.2, 0) is 0 Å². The highest BCUT2D eigenvalue weighted by Crippen LogP contribution is 2.07. The van der Waals surface area contributed by atoms with Gasteiger partial charge in [-0.15, -0.1) is 0 Å². The van der Waals surface area contributed by atoms with Gasteiger partial charge in [0.2, 0.25) is 0 Å². The monoisotopic (exact) mass is 180 g/mol. The quantitative estimate of drug-likeness (QED) is 0.754. The first-order chi connectivity index (χ1) is 6.19. The van der Waals surface area contributed by atoms with Crippen molar-refractivity contribution >= 4 is 0 Å². The van der Waals surface area contributed by atoms with Crippen molar-refractivity contribution in [2.45, 2.75) is 46.6 Å². The third-order valence-electron chi connectivity index (χ3n) is 2.57. The molecule has 1 heterocycles. The molecule has 2 heteroatoms. The summed E-state index contributed by atoms with van der Waals surface area (Å²) in [5, 5.41) is 0. The van der Waals surface area contributed by atoms with Crippen LogP contribution in [0.1, 0.15) is 38.1 Å². The van der Waals surface area contributed by atoms with E-state index in [1.807, 2.05) is 0 Å². The first-order valence-corrected chi connectivity index (χ1v) is 5.10. The molecule has 0 fully saturated rings. The van der Waals surface area contributed by atoms with Gasteiger partial charge < -0.3 is 5.43 Å². The van der Waals surface area contributed by atoms with Gasteiger partial charge in [-0.3, -0.25) is 4.68 Å². The molecule has 0 aliphatic carbocycles. The molecule has 0 atom stereocenters. The van der Waals surface area contributed by atoms with E-state index in [4.69, 9.17) is 0 Å². The van der Waals surface area contributed by atoms with Crippen molar-refractivity contribution in [3.8, 4) is 0 Å². The molecule has 0 saturated heterocycles. The maximum atomic E-state index is 3.51. The summed E-state index contributed by atoms with van der Waals surface area (Å²) < 4.78 is 2.18. The molecule has 2 nitrogen and oxygen atoms in total. The smallest absolute Gasteiger partial charge is 0.0419 e. The van der Waals surface area contributed by atoms with Crippen molar-refractivity contribution in [1.29, 1.82) is 0 Å². The lowest BCUT2D eigenvalue weighted by Crippen LogP contribution is -2.28. The Morgan fingerprint density at radius 1 is 1.15 bits per heavy atom. The fourth-order valence-electron chi connectivity index (χ4n) is 1.53. The highest BCUT2D eigenvalue weighted by molar-refractivity contribution is 5.15. The van der Waals surface area contributed by atoms with Crippen molar-refractivity contribution in [2.75, 3.05) is 5.43 Å². The zero-order valence-corrected chi connectivity index (χ0v) is 9.09. The van der Waals surface area contributed by atoms with E-state index in [0.29, 0.717) is 6.04 Å². The second kappa shape index (κ2) is 4.35. The maximum Gasteiger partial charge on any atom is 0.0419 e. The van der Waals surface area contributed by atoms with Gasteiger partial charge in [0, 0.05) is 17.4 Å². The van der Waals surface area contributed by atoms with E-state index in [9.17, 15) is 0 Å². The Labute approximate surface area is 80.9 Å². The molecular weight excluding hydrogens is 160 g/mol. The Kier molecular flexibility index (Phi) is 3.40. The van der Waals surface area contributed by atoms with Crippen LogP contribution in [0, 0.1) is 13.8 Å². The Morgan fingerprint density at radius 2 is 1.62 bits per heavy atom. The lowest BCUT2D eigenvalue weighted by Gasteiger charge is -2.20. The third kappa shape index (κ3) is 2.27. The van der Waals surface area contributed by atoms with Crippen LogP contribution in [0.4, 0.5) is 0 Å². The van der Waals surface area contributed by atoms with Crippen LogP contribution < -0.4 is 5.43 Å². The molecule has 0 amide bonds. The average Bonchev–Trinajstić information content (AvgIpc) is 2.44. The van der Waals surface area contributed by atoms with E-state index in [-0.39, 0.29) is 0 Å². The first-order valence-electron chi connectivity index (χ1n) is 5.10. The summed E-state index contributed by atoms with van der Waals surface area (Å²) >= 11 is 0. The van der Waals surface area contributed by atoms with Crippen LogP contribution in [0.25, 0.3) is 0 Å². The van der Waals surface area contributed by atoms with E-state index in [2.05, 4.69) is 49.9 Å². The van der Waals surface area contributed by atoms with Crippen LogP contribution in [0.3, 0.4) is 0 Å². The highest BCUT2D eigenvalue weighted by atomic mass is 15.4. The maximum absolute atomic E-state index is 3.51. The van der Waals surface area contributed by atoms with E-state index in [0.717, 1.165) is 0 Å². The molecule has 0 radical (unpaired) electrons. The zero-order chi connectivity index (χ0) is 9.84. The normalized spacial score (nSPS) is 10.8. The largest absolute Gasteiger partial charge is 0.323 e. The number of aromatic nitrogens is 1. The summed E-state index contributed by atoms with van der Waals surface area (Å²) in [4.78, 5) is 0. The van der Waals surface area contributed by atoms with Crippen molar-refractivity contribution in [2.24, 2.45) is 0 Å². The van der Waals surface area contributed by atoms with Gasteiger partial charge >= 0.3 is 0 Å². The Hall–Kier alpha value is -0.920. The molecule has 0 aromatic carbocycles. The Morgan fingerprint density at radius 3 is 2.00 bits per heavy atom. The highest BCUT2D eigenvalue weighted by Gasteiger charge is 2.05. The van der Waals surface area contributed by atoms with Gasteiger partial charge in [0.15, 0.2) is 0 Å². The Bertz CT molecular complexity index is 240. The molecule has 1 rings (SSSR count). The summed E-state index contributed by atoms with van der Waals surface area (Å²) in [7, 11) is 0. The van der Waals surface area contributed by atoms with Gasteiger partial charge in [0.05, 0.1) is 0 Å². The number of hydrogen-bond acceptors (Lipinski definition) is 1. The van der Waals surface area contributed by atoms with Crippen molar-refractivity contribution < 1.29 is 0 Å². The fourth-order valence-corrected chi connectivity index (χ4v) is 1.53. The summed E-state index contributed by atoms with van der Waals surface area (Å²) in [6.07, 6.45) is 2.35. The number of rotatable bonds is 4. The van der Waals surface area contributed by atoms with E-state index in [1.165, 1.54) is 24.2 Å². The molecule has 0 aliphatic heterocycles. The van der Waals surface area contributed by atoms with Gasteiger partial charge in [-0.2, -0.15) is 0 Å². The SMILES string of the molecule is CCC(CC)Nn1c(C)ccc1C. The van der Waals surface area contributed by atoms with Crippen LogP contribution in [0.5, 0.6) is 0 Å². The minimum atomic E-state index is 0.588. The van der Waals surface area contributed by atoms with E-state index >= 15 is 0 Å². The summed E-state index contributed by atoms with van der Waals surface area (Å²) in [6.45, 7) is 8.69. The molecular formula is C11H20N2. The second-order valence-electron chi connectivity index (χ2n) is 3.59. The lowest BCUT2D eigenvalue weighted by atomic mass is 10.2. The molecule has 0 saturated carbocycles. The molecule has 74 valence electrons. The number of nitrogens with zero attached hydrogens (tertiary/aromatic N) is 1. The molecule has 1 aromatic heterocycles. The van der Waals surface area contributed by atoms with E-state index < -0.39 is 0 Å². The summed E-state index contributed by atoms with van der Waals surface area (Å²) in [5.41, 5.74) is 6.08. The minimum absolute atomic E-state index is 0.588. The second-order valence-corrected chi connectivity index (χ2v) is 3.59. The molecule has 0 bridgehead atoms. The number of aryl methyl sites for hydroxylation is 2. The standard InChI is InChI=1S/C11H20N2/c1-5-11(6-2)12-13-9(3)7-8-10(13)4/h7-8,11-12H,5-6H2,1-4H3. The Balaban J connectivity index is 2.72. The number of hydrogen-bond donors (Lipinski definition) is 1. The molecule has 0 spiro atoms. The van der Waals surface area contributed by atoms with Crippen LogP contribution in [0.2, 0.25) is 0 Å². The molecule has 13 heavy (non-hydrogen) atoms. The van der Waals surface area contributed by atoms with Gasteiger partial charge in [-0.1, -0.05) is 13.8 Å². The fraction of sp³-hybridized carbons (Fsp3) is 0.636. The summed E-state index contributed by atoms with van der Waals surface area (Å²) in [6, 6.07) is 4.87. The molecule has 1 aromatic rings. The van der Waals surface area contributed by atoms with Crippen molar-refractivity contribution in [3.63, 3.8) is 0 Å². The van der Waals surface area contributed by atoms with E-state index in [1.54, 1.807) is 0 Å². The van der Waals surface area contributed by atoms with Gasteiger partial charge in [-0.05, 0) is 38.8 Å². The van der Waals surface area contributed by atoms with Crippen molar-refractivity contribution in [3.05, 3.63) is 23.5 Å². The van der Waals surface area contributed by atoms with Gasteiger partial charge in [0.25, 0.3) is 0 Å². The molecule has 0 aliphatic rings.